The summed E-state index contributed by atoms with van der Waals surface area (Å²) in [4.78, 5) is 18.2. The van der Waals surface area contributed by atoms with Gasteiger partial charge in [-0.25, -0.2) is 14.0 Å². The summed E-state index contributed by atoms with van der Waals surface area (Å²) < 4.78 is 18.3. The van der Waals surface area contributed by atoms with Crippen LogP contribution in [0.3, 0.4) is 0 Å². The van der Waals surface area contributed by atoms with E-state index in [1.807, 2.05) is 6.07 Å². The molecule has 0 radical (unpaired) electrons. The molecule has 1 fully saturated rings. The topological polar surface area (TPSA) is 95.9 Å². The summed E-state index contributed by atoms with van der Waals surface area (Å²) in [6.45, 7) is 2.44. The lowest BCUT2D eigenvalue weighted by Gasteiger charge is -2.10. The van der Waals surface area contributed by atoms with E-state index >= 15 is 0 Å². The molecule has 1 aromatic rings. The Morgan fingerprint density at radius 1 is 1.33 bits per heavy atom. The molecule has 6 nitrogen and oxygen atoms in total. The van der Waals surface area contributed by atoms with Gasteiger partial charge in [0.1, 0.15) is 5.82 Å². The highest BCUT2D eigenvalue weighted by Crippen LogP contribution is 2.11. The van der Waals surface area contributed by atoms with Crippen LogP contribution in [0, 0.1) is 5.82 Å². The zero-order chi connectivity index (χ0) is 15.7. The molecule has 1 atom stereocenters. The Morgan fingerprint density at radius 2 is 2.05 bits per heavy atom. The Kier molecular flexibility index (Phi) is 7.34. The van der Waals surface area contributed by atoms with Crippen LogP contribution in [-0.4, -0.2) is 41.4 Å². The number of nitrogens with one attached hydrogen (secondary N) is 1. The SMILES string of the molecule is Fc1cccc(CNCC2CCCO2)c1.O=C(O)C(=O)O. The van der Waals surface area contributed by atoms with Crippen molar-refractivity contribution in [3.63, 3.8) is 0 Å². The molecule has 21 heavy (non-hydrogen) atoms. The first kappa shape index (κ1) is 17.1. The van der Waals surface area contributed by atoms with Crippen molar-refractivity contribution in [2.24, 2.45) is 0 Å². The lowest BCUT2D eigenvalue weighted by molar-refractivity contribution is -0.159. The third-order valence-electron chi connectivity index (χ3n) is 2.80. The van der Waals surface area contributed by atoms with Crippen molar-refractivity contribution < 1.29 is 28.9 Å². The van der Waals surface area contributed by atoms with Gasteiger partial charge in [0.15, 0.2) is 0 Å². The lowest BCUT2D eigenvalue weighted by atomic mass is 10.2. The van der Waals surface area contributed by atoms with Gasteiger partial charge in [-0.1, -0.05) is 12.1 Å². The van der Waals surface area contributed by atoms with Crippen LogP contribution in [0.25, 0.3) is 0 Å². The van der Waals surface area contributed by atoms with Crippen molar-refractivity contribution in [2.75, 3.05) is 13.2 Å². The molecule has 0 bridgehead atoms. The molecule has 1 saturated heterocycles. The Labute approximate surface area is 121 Å². The number of carboxylic acids is 2. The number of aliphatic carboxylic acids is 2. The maximum Gasteiger partial charge on any atom is 0.414 e. The van der Waals surface area contributed by atoms with Gasteiger partial charge in [-0.05, 0) is 30.5 Å². The summed E-state index contributed by atoms with van der Waals surface area (Å²) in [6.07, 6.45) is 2.64. The van der Waals surface area contributed by atoms with E-state index in [-0.39, 0.29) is 5.82 Å². The number of rotatable bonds is 4. The monoisotopic (exact) mass is 299 g/mol. The summed E-state index contributed by atoms with van der Waals surface area (Å²) in [5.41, 5.74) is 0.980. The minimum absolute atomic E-state index is 0.175. The number of hydrogen-bond acceptors (Lipinski definition) is 4. The van der Waals surface area contributed by atoms with E-state index < -0.39 is 11.9 Å². The Morgan fingerprint density at radius 3 is 2.57 bits per heavy atom. The van der Waals surface area contributed by atoms with Crippen LogP contribution < -0.4 is 5.32 Å². The first-order valence-electron chi connectivity index (χ1n) is 6.52. The minimum atomic E-state index is -1.82. The molecule has 1 heterocycles. The highest BCUT2D eigenvalue weighted by atomic mass is 19.1. The van der Waals surface area contributed by atoms with Gasteiger partial charge in [0.25, 0.3) is 0 Å². The van der Waals surface area contributed by atoms with E-state index in [2.05, 4.69) is 5.32 Å². The van der Waals surface area contributed by atoms with Gasteiger partial charge < -0.3 is 20.3 Å². The molecule has 1 aliphatic heterocycles. The Bertz CT molecular complexity index is 462. The summed E-state index contributed by atoms with van der Waals surface area (Å²) in [7, 11) is 0. The van der Waals surface area contributed by atoms with Crippen LogP contribution in [0.15, 0.2) is 24.3 Å². The predicted molar refractivity (Wildman–Crippen MR) is 72.4 cm³/mol. The molecule has 7 heteroatoms. The second-order valence-electron chi connectivity index (χ2n) is 4.51. The fourth-order valence-corrected chi connectivity index (χ4v) is 1.83. The van der Waals surface area contributed by atoms with Crippen molar-refractivity contribution in [1.29, 1.82) is 0 Å². The second kappa shape index (κ2) is 9.04. The normalized spacial score (nSPS) is 16.9. The van der Waals surface area contributed by atoms with E-state index in [0.717, 1.165) is 31.6 Å². The van der Waals surface area contributed by atoms with Crippen molar-refractivity contribution in [2.45, 2.75) is 25.5 Å². The molecule has 0 saturated carbocycles. The quantitative estimate of drug-likeness (QED) is 0.724. The number of ether oxygens (including phenoxy) is 1. The molecular formula is C14H18FNO5. The molecule has 1 aliphatic rings. The number of hydrogen-bond donors (Lipinski definition) is 3. The summed E-state index contributed by atoms with van der Waals surface area (Å²) in [6, 6.07) is 6.68. The van der Waals surface area contributed by atoms with Gasteiger partial charge in [-0.15, -0.1) is 0 Å². The van der Waals surface area contributed by atoms with Crippen LogP contribution in [0.1, 0.15) is 18.4 Å². The highest BCUT2D eigenvalue weighted by Gasteiger charge is 2.14. The molecule has 0 aliphatic carbocycles. The molecule has 2 rings (SSSR count). The standard InChI is InChI=1S/C12H16FNO.C2H2O4/c13-11-4-1-3-10(7-11)8-14-9-12-5-2-6-15-12;3-1(4)2(5)6/h1,3-4,7,12,14H,2,5-6,8-9H2;(H,3,4)(H,5,6). The molecule has 0 amide bonds. The molecule has 0 spiro atoms. The zero-order valence-corrected chi connectivity index (χ0v) is 11.4. The zero-order valence-electron chi connectivity index (χ0n) is 11.4. The van der Waals surface area contributed by atoms with Crippen LogP contribution in [-0.2, 0) is 20.9 Å². The Balaban J connectivity index is 0.000000315. The molecule has 1 unspecified atom stereocenters. The summed E-state index contributed by atoms with van der Waals surface area (Å²) in [5, 5.41) is 18.1. The number of benzene rings is 1. The molecule has 116 valence electrons. The average Bonchev–Trinajstić information content (AvgIpc) is 2.92. The van der Waals surface area contributed by atoms with Gasteiger partial charge in [0.05, 0.1) is 6.10 Å². The average molecular weight is 299 g/mol. The Hall–Kier alpha value is -1.99. The number of carboxylic acid groups (broad SMARTS) is 2. The smallest absolute Gasteiger partial charge is 0.414 e. The van der Waals surface area contributed by atoms with Gasteiger partial charge in [0.2, 0.25) is 0 Å². The van der Waals surface area contributed by atoms with Crippen molar-refractivity contribution in [3.8, 4) is 0 Å². The van der Waals surface area contributed by atoms with E-state index in [9.17, 15) is 4.39 Å². The summed E-state index contributed by atoms with van der Waals surface area (Å²) >= 11 is 0. The number of carbonyl (C=O) groups is 2. The maximum absolute atomic E-state index is 12.8. The molecule has 0 aromatic heterocycles. The first-order valence-corrected chi connectivity index (χ1v) is 6.52. The lowest BCUT2D eigenvalue weighted by Crippen LogP contribution is -2.25. The molecule has 3 N–H and O–H groups in total. The van der Waals surface area contributed by atoms with Gasteiger partial charge in [0, 0.05) is 19.7 Å². The van der Waals surface area contributed by atoms with E-state index in [1.54, 1.807) is 12.1 Å². The van der Waals surface area contributed by atoms with Crippen LogP contribution in [0.4, 0.5) is 4.39 Å². The first-order chi connectivity index (χ1) is 9.99. The van der Waals surface area contributed by atoms with Gasteiger partial charge >= 0.3 is 11.9 Å². The van der Waals surface area contributed by atoms with E-state index in [0.29, 0.717) is 12.6 Å². The molecule has 1 aromatic carbocycles. The third kappa shape index (κ3) is 7.38. The van der Waals surface area contributed by atoms with Crippen LogP contribution >= 0.6 is 0 Å². The predicted octanol–water partition coefficient (Wildman–Crippen LogP) is 1.25. The van der Waals surface area contributed by atoms with Crippen molar-refractivity contribution >= 4 is 11.9 Å². The fraction of sp³-hybridized carbons (Fsp3) is 0.429. The minimum Gasteiger partial charge on any atom is -0.473 e. The van der Waals surface area contributed by atoms with Gasteiger partial charge in [-0.2, -0.15) is 0 Å². The highest BCUT2D eigenvalue weighted by molar-refractivity contribution is 6.27. The number of halogens is 1. The third-order valence-corrected chi connectivity index (χ3v) is 2.80. The van der Waals surface area contributed by atoms with Crippen LogP contribution in [0.2, 0.25) is 0 Å². The largest absolute Gasteiger partial charge is 0.473 e. The van der Waals surface area contributed by atoms with Crippen LogP contribution in [0.5, 0.6) is 0 Å². The van der Waals surface area contributed by atoms with Crippen molar-refractivity contribution in [3.05, 3.63) is 35.6 Å². The second-order valence-corrected chi connectivity index (χ2v) is 4.51. The van der Waals surface area contributed by atoms with E-state index in [4.69, 9.17) is 24.5 Å². The molecular weight excluding hydrogens is 281 g/mol. The maximum atomic E-state index is 12.8. The summed E-state index contributed by atoms with van der Waals surface area (Å²) in [5.74, 6) is -3.82. The van der Waals surface area contributed by atoms with Gasteiger partial charge in [-0.3, -0.25) is 0 Å². The van der Waals surface area contributed by atoms with E-state index in [1.165, 1.54) is 6.07 Å². The fourth-order valence-electron chi connectivity index (χ4n) is 1.83. The van der Waals surface area contributed by atoms with Crippen molar-refractivity contribution in [1.82, 2.24) is 5.32 Å².